The minimum atomic E-state index is 0.0728. The highest BCUT2D eigenvalue weighted by atomic mass is 16.5. The van der Waals surface area contributed by atoms with E-state index in [1.54, 1.807) is 7.11 Å². The summed E-state index contributed by atoms with van der Waals surface area (Å²) in [5.74, 6) is 0.509. The number of aromatic nitrogens is 1. The number of rotatable bonds is 3. The molecule has 0 aliphatic carbocycles. The first kappa shape index (κ1) is 8.56. The molecule has 0 saturated carbocycles. The van der Waals surface area contributed by atoms with Gasteiger partial charge in [0.15, 0.2) is 0 Å². The zero-order valence-electron chi connectivity index (χ0n) is 6.70. The summed E-state index contributed by atoms with van der Waals surface area (Å²) in [7, 11) is 1.58. The number of nitrogens with zero attached hydrogens (tertiary/aromatic N) is 2. The van der Waals surface area contributed by atoms with Crippen LogP contribution in [0.2, 0.25) is 0 Å². The summed E-state index contributed by atoms with van der Waals surface area (Å²) < 4.78 is 9.78. The van der Waals surface area contributed by atoms with Crippen LogP contribution >= 0.6 is 0 Å². The highest BCUT2D eigenvalue weighted by Gasteiger charge is 2.08. The molecule has 12 heavy (non-hydrogen) atoms. The Morgan fingerprint density at radius 2 is 2.50 bits per heavy atom. The van der Waals surface area contributed by atoms with Gasteiger partial charge in [-0.05, 0) is 0 Å². The van der Waals surface area contributed by atoms with Crippen LogP contribution < -0.4 is 5.73 Å². The van der Waals surface area contributed by atoms with Gasteiger partial charge in [-0.3, -0.25) is 0 Å². The number of hydrogen-bond donors (Lipinski definition) is 1. The van der Waals surface area contributed by atoms with Gasteiger partial charge in [0.2, 0.25) is 17.5 Å². The summed E-state index contributed by atoms with van der Waals surface area (Å²) in [6.07, 6.45) is 0.530. The second-order valence-electron chi connectivity index (χ2n) is 2.18. The number of methoxy groups -OCH3 is 1. The van der Waals surface area contributed by atoms with E-state index < -0.39 is 0 Å². The molecule has 5 nitrogen and oxygen atoms in total. The molecular weight excluding hydrogens is 158 g/mol. The van der Waals surface area contributed by atoms with E-state index in [2.05, 4.69) is 4.98 Å². The van der Waals surface area contributed by atoms with Crippen molar-refractivity contribution in [3.63, 3.8) is 0 Å². The Kier molecular flexibility index (Phi) is 2.66. The van der Waals surface area contributed by atoms with Gasteiger partial charge >= 0.3 is 0 Å². The van der Waals surface area contributed by atoms with E-state index in [9.17, 15) is 0 Å². The number of nitrogen functional groups attached to an aromatic ring is 1. The Hall–Kier alpha value is -1.54. The normalized spacial score (nSPS) is 9.67. The van der Waals surface area contributed by atoms with Gasteiger partial charge in [0, 0.05) is 13.5 Å². The Labute approximate surface area is 69.8 Å². The lowest BCUT2D eigenvalue weighted by Gasteiger charge is -1.91. The summed E-state index contributed by atoms with van der Waals surface area (Å²) in [5, 5.41) is 8.47. The third-order valence-corrected chi connectivity index (χ3v) is 1.32. The van der Waals surface area contributed by atoms with Crippen molar-refractivity contribution in [1.82, 2.24) is 4.98 Å². The summed E-state index contributed by atoms with van der Waals surface area (Å²) in [6.45, 7) is 0.505. The van der Waals surface area contributed by atoms with Crippen LogP contribution in [0.15, 0.2) is 4.42 Å². The zero-order valence-corrected chi connectivity index (χ0v) is 6.70. The van der Waals surface area contributed by atoms with Gasteiger partial charge in [0.25, 0.3) is 0 Å². The van der Waals surface area contributed by atoms with E-state index >= 15 is 0 Å². The quantitative estimate of drug-likeness (QED) is 0.700. The second kappa shape index (κ2) is 3.74. The van der Waals surface area contributed by atoms with Gasteiger partial charge in [0.1, 0.15) is 6.07 Å². The van der Waals surface area contributed by atoms with Gasteiger partial charge in [-0.15, -0.1) is 0 Å². The molecule has 1 aromatic rings. The van der Waals surface area contributed by atoms with Crippen molar-refractivity contribution < 1.29 is 9.15 Å². The molecule has 0 atom stereocenters. The van der Waals surface area contributed by atoms with Crippen LogP contribution in [0.5, 0.6) is 0 Å². The van der Waals surface area contributed by atoms with E-state index in [0.717, 1.165) is 0 Å². The van der Waals surface area contributed by atoms with Crippen molar-refractivity contribution in [3.05, 3.63) is 11.6 Å². The smallest absolute Gasteiger partial charge is 0.229 e. The third-order valence-electron chi connectivity index (χ3n) is 1.32. The summed E-state index contributed by atoms with van der Waals surface area (Å²) in [5.41, 5.74) is 5.47. The average molecular weight is 167 g/mol. The predicted molar refractivity (Wildman–Crippen MR) is 41.2 cm³/mol. The molecule has 0 unspecified atom stereocenters. The van der Waals surface area contributed by atoms with E-state index in [1.165, 1.54) is 0 Å². The van der Waals surface area contributed by atoms with Gasteiger partial charge in [-0.25, -0.2) is 4.98 Å². The Bertz CT molecular complexity index is 300. The average Bonchev–Trinajstić information content (AvgIpc) is 2.43. The van der Waals surface area contributed by atoms with Crippen molar-refractivity contribution in [2.75, 3.05) is 19.5 Å². The van der Waals surface area contributed by atoms with E-state index in [4.69, 9.17) is 20.1 Å². The largest absolute Gasteiger partial charge is 0.424 e. The molecule has 1 rings (SSSR count). The van der Waals surface area contributed by atoms with Crippen molar-refractivity contribution >= 4 is 5.88 Å². The van der Waals surface area contributed by atoms with Crippen LogP contribution in [-0.4, -0.2) is 18.7 Å². The van der Waals surface area contributed by atoms with Crippen molar-refractivity contribution in [1.29, 1.82) is 5.26 Å². The number of hydrogen-bond acceptors (Lipinski definition) is 5. The molecule has 0 radical (unpaired) electrons. The van der Waals surface area contributed by atoms with E-state index in [-0.39, 0.29) is 11.6 Å². The van der Waals surface area contributed by atoms with E-state index in [1.807, 2.05) is 6.07 Å². The van der Waals surface area contributed by atoms with Crippen LogP contribution in [0.1, 0.15) is 11.6 Å². The van der Waals surface area contributed by atoms with Crippen LogP contribution in [0, 0.1) is 11.3 Å². The fraction of sp³-hybridized carbons (Fsp3) is 0.429. The summed E-state index contributed by atoms with van der Waals surface area (Å²) in [4.78, 5) is 3.83. The lowest BCUT2D eigenvalue weighted by atomic mass is 10.4. The SMILES string of the molecule is COCCc1nc(C#N)c(N)o1. The topological polar surface area (TPSA) is 85.1 Å². The second-order valence-corrected chi connectivity index (χ2v) is 2.18. The fourth-order valence-corrected chi connectivity index (χ4v) is 0.754. The first-order valence-corrected chi connectivity index (χ1v) is 3.42. The monoisotopic (exact) mass is 167 g/mol. The molecule has 0 spiro atoms. The molecule has 0 aliphatic heterocycles. The predicted octanol–water partition coefficient (Wildman–Crippen LogP) is 0.317. The van der Waals surface area contributed by atoms with Gasteiger partial charge in [-0.2, -0.15) is 5.26 Å². The summed E-state index contributed by atoms with van der Waals surface area (Å²) >= 11 is 0. The molecule has 5 heteroatoms. The maximum absolute atomic E-state index is 8.47. The molecule has 2 N–H and O–H groups in total. The van der Waals surface area contributed by atoms with Crippen molar-refractivity contribution in [3.8, 4) is 6.07 Å². The lowest BCUT2D eigenvalue weighted by molar-refractivity contribution is 0.195. The maximum atomic E-state index is 8.47. The third kappa shape index (κ3) is 1.74. The number of nitrogens with two attached hydrogens (primary N) is 1. The molecular formula is C7H9N3O2. The lowest BCUT2D eigenvalue weighted by Crippen LogP contribution is -1.94. The zero-order chi connectivity index (χ0) is 8.97. The van der Waals surface area contributed by atoms with E-state index in [0.29, 0.717) is 18.9 Å². The van der Waals surface area contributed by atoms with Gasteiger partial charge in [0.05, 0.1) is 6.61 Å². The minimum absolute atomic E-state index is 0.0728. The van der Waals surface area contributed by atoms with Crippen LogP contribution in [0.3, 0.4) is 0 Å². The Morgan fingerprint density at radius 3 is 3.00 bits per heavy atom. The fourth-order valence-electron chi connectivity index (χ4n) is 0.754. The van der Waals surface area contributed by atoms with Gasteiger partial charge in [-0.1, -0.05) is 0 Å². The van der Waals surface area contributed by atoms with Crippen LogP contribution in [-0.2, 0) is 11.2 Å². The van der Waals surface area contributed by atoms with Gasteiger partial charge < -0.3 is 14.9 Å². The van der Waals surface area contributed by atoms with Crippen LogP contribution in [0.25, 0.3) is 0 Å². The molecule has 0 aromatic carbocycles. The Morgan fingerprint density at radius 1 is 1.75 bits per heavy atom. The maximum Gasteiger partial charge on any atom is 0.229 e. The van der Waals surface area contributed by atoms with Crippen LogP contribution in [0.4, 0.5) is 5.88 Å². The number of nitriles is 1. The number of ether oxygens (including phenoxy) is 1. The molecule has 1 aromatic heterocycles. The first-order valence-electron chi connectivity index (χ1n) is 3.42. The summed E-state index contributed by atoms with van der Waals surface area (Å²) in [6, 6.07) is 1.82. The number of anilines is 1. The highest BCUT2D eigenvalue weighted by Crippen LogP contribution is 2.11. The molecule has 0 saturated heterocycles. The van der Waals surface area contributed by atoms with Crippen molar-refractivity contribution in [2.45, 2.75) is 6.42 Å². The molecule has 0 bridgehead atoms. The molecule has 0 fully saturated rings. The first-order chi connectivity index (χ1) is 5.77. The number of oxazole rings is 1. The highest BCUT2D eigenvalue weighted by molar-refractivity contribution is 5.40. The molecule has 0 aliphatic rings. The Balaban J connectivity index is 2.70. The minimum Gasteiger partial charge on any atom is -0.424 e. The van der Waals surface area contributed by atoms with Crippen molar-refractivity contribution in [2.24, 2.45) is 0 Å². The molecule has 64 valence electrons. The standard InChI is InChI=1S/C7H9N3O2/c1-11-3-2-6-10-5(4-8)7(9)12-6/h2-3,9H2,1H3. The molecule has 1 heterocycles. The molecule has 0 amide bonds.